The van der Waals surface area contributed by atoms with Gasteiger partial charge in [-0.1, -0.05) is 0 Å². The molecule has 0 bridgehead atoms. The van der Waals surface area contributed by atoms with Crippen LogP contribution in [0.3, 0.4) is 0 Å². The van der Waals surface area contributed by atoms with E-state index in [4.69, 9.17) is 4.42 Å². The van der Waals surface area contributed by atoms with Crippen molar-refractivity contribution < 1.29 is 19.2 Å². The third-order valence-corrected chi connectivity index (χ3v) is 3.48. The second-order valence-corrected chi connectivity index (χ2v) is 5.40. The van der Waals surface area contributed by atoms with Gasteiger partial charge in [0.1, 0.15) is 11.9 Å². The molecule has 0 aliphatic rings. The molecule has 122 valence electrons. The first-order valence-corrected chi connectivity index (χ1v) is 7.16. The first kappa shape index (κ1) is 16.7. The molecule has 2 rings (SSSR count). The molecule has 0 saturated carbocycles. The van der Waals surface area contributed by atoms with Crippen LogP contribution < -0.4 is 5.32 Å². The van der Waals surface area contributed by atoms with E-state index in [1.54, 1.807) is 26.0 Å². The van der Waals surface area contributed by atoms with E-state index in [0.717, 1.165) is 0 Å². The minimum Gasteiger partial charge on any atom is -0.467 e. The van der Waals surface area contributed by atoms with Gasteiger partial charge in [-0.25, -0.2) is 0 Å². The molecule has 1 heterocycles. The number of furan rings is 1. The number of aliphatic hydroxyl groups excluding tert-OH is 1. The van der Waals surface area contributed by atoms with Crippen molar-refractivity contribution in [3.05, 3.63) is 63.6 Å². The van der Waals surface area contributed by atoms with Crippen LogP contribution in [-0.4, -0.2) is 22.0 Å². The largest absolute Gasteiger partial charge is 0.467 e. The van der Waals surface area contributed by atoms with Crippen LogP contribution >= 0.6 is 0 Å². The van der Waals surface area contributed by atoms with Gasteiger partial charge in [-0.3, -0.25) is 14.9 Å². The molecule has 2 aromatic rings. The molecule has 0 saturated heterocycles. The standard InChI is InChI=1S/C16H18N2O5/c1-10-8-12(5-6-13(10)18(21)22)16(20)17-11(2)9-14(19)15-4-3-7-23-15/h3-8,11,14,19H,9H2,1-2H3,(H,17,20). The fourth-order valence-electron chi connectivity index (χ4n) is 2.30. The zero-order valence-corrected chi connectivity index (χ0v) is 12.9. The van der Waals surface area contributed by atoms with Crippen molar-refractivity contribution in [2.75, 3.05) is 0 Å². The first-order chi connectivity index (χ1) is 10.9. The highest BCUT2D eigenvalue weighted by atomic mass is 16.6. The number of benzene rings is 1. The Labute approximate surface area is 133 Å². The number of hydrogen-bond donors (Lipinski definition) is 2. The number of rotatable bonds is 6. The van der Waals surface area contributed by atoms with Crippen LogP contribution in [0, 0.1) is 17.0 Å². The maximum absolute atomic E-state index is 12.2. The lowest BCUT2D eigenvalue weighted by Crippen LogP contribution is -2.33. The molecule has 0 aliphatic heterocycles. The summed E-state index contributed by atoms with van der Waals surface area (Å²) in [6.07, 6.45) is 0.964. The van der Waals surface area contributed by atoms with Crippen molar-refractivity contribution in [1.82, 2.24) is 5.32 Å². The zero-order chi connectivity index (χ0) is 17.0. The Morgan fingerprint density at radius 2 is 2.17 bits per heavy atom. The second-order valence-electron chi connectivity index (χ2n) is 5.40. The van der Waals surface area contributed by atoms with Gasteiger partial charge in [0.25, 0.3) is 11.6 Å². The molecular formula is C16H18N2O5. The molecule has 7 nitrogen and oxygen atoms in total. The molecule has 0 aliphatic carbocycles. The molecule has 0 fully saturated rings. The normalized spacial score (nSPS) is 13.3. The SMILES string of the molecule is Cc1cc(C(=O)NC(C)CC(O)c2ccco2)ccc1[N+](=O)[O-]. The summed E-state index contributed by atoms with van der Waals surface area (Å²) >= 11 is 0. The Morgan fingerprint density at radius 3 is 2.74 bits per heavy atom. The Hall–Kier alpha value is -2.67. The molecule has 0 radical (unpaired) electrons. The van der Waals surface area contributed by atoms with E-state index in [-0.39, 0.29) is 17.6 Å². The van der Waals surface area contributed by atoms with Crippen molar-refractivity contribution in [3.8, 4) is 0 Å². The fourth-order valence-corrected chi connectivity index (χ4v) is 2.30. The van der Waals surface area contributed by atoms with Crippen molar-refractivity contribution in [3.63, 3.8) is 0 Å². The van der Waals surface area contributed by atoms with Crippen LogP contribution in [0.5, 0.6) is 0 Å². The van der Waals surface area contributed by atoms with E-state index in [1.807, 2.05) is 0 Å². The number of aliphatic hydroxyl groups is 1. The summed E-state index contributed by atoms with van der Waals surface area (Å²) in [5.74, 6) is 0.0967. The molecule has 7 heteroatoms. The average Bonchev–Trinajstić information content (AvgIpc) is 3.00. The van der Waals surface area contributed by atoms with Crippen LogP contribution in [0.4, 0.5) is 5.69 Å². The summed E-state index contributed by atoms with van der Waals surface area (Å²) in [7, 11) is 0. The highest BCUT2D eigenvalue weighted by molar-refractivity contribution is 5.94. The van der Waals surface area contributed by atoms with Crippen molar-refractivity contribution in [2.24, 2.45) is 0 Å². The number of aryl methyl sites for hydroxylation is 1. The maximum Gasteiger partial charge on any atom is 0.272 e. The monoisotopic (exact) mass is 318 g/mol. The average molecular weight is 318 g/mol. The first-order valence-electron chi connectivity index (χ1n) is 7.16. The summed E-state index contributed by atoms with van der Waals surface area (Å²) in [5, 5.41) is 23.5. The molecule has 0 spiro atoms. The van der Waals surface area contributed by atoms with Gasteiger partial charge in [-0.2, -0.15) is 0 Å². The van der Waals surface area contributed by atoms with E-state index in [9.17, 15) is 20.0 Å². The van der Waals surface area contributed by atoms with Crippen LogP contribution in [0.25, 0.3) is 0 Å². The number of carbonyl (C=O) groups excluding carboxylic acids is 1. The van der Waals surface area contributed by atoms with Crippen LogP contribution in [-0.2, 0) is 0 Å². The van der Waals surface area contributed by atoms with E-state index in [0.29, 0.717) is 23.3 Å². The zero-order valence-electron chi connectivity index (χ0n) is 12.9. The number of nitro groups is 1. The van der Waals surface area contributed by atoms with Gasteiger partial charge >= 0.3 is 0 Å². The number of amides is 1. The summed E-state index contributed by atoms with van der Waals surface area (Å²) in [6.45, 7) is 3.35. The Kier molecular flexibility index (Phi) is 5.13. The van der Waals surface area contributed by atoms with Gasteiger partial charge in [0.15, 0.2) is 0 Å². The predicted molar refractivity (Wildman–Crippen MR) is 83.0 cm³/mol. The van der Waals surface area contributed by atoms with Crippen molar-refractivity contribution in [2.45, 2.75) is 32.4 Å². The van der Waals surface area contributed by atoms with E-state index in [2.05, 4.69) is 5.32 Å². The molecule has 1 aromatic carbocycles. The third-order valence-electron chi connectivity index (χ3n) is 3.48. The Morgan fingerprint density at radius 1 is 1.43 bits per heavy atom. The quantitative estimate of drug-likeness (QED) is 0.629. The lowest BCUT2D eigenvalue weighted by Gasteiger charge is -2.17. The van der Waals surface area contributed by atoms with E-state index < -0.39 is 11.0 Å². The third kappa shape index (κ3) is 4.17. The number of nitrogens with zero attached hydrogens (tertiary/aromatic N) is 1. The molecular weight excluding hydrogens is 300 g/mol. The summed E-state index contributed by atoms with van der Waals surface area (Å²) in [4.78, 5) is 22.5. The molecule has 23 heavy (non-hydrogen) atoms. The fraction of sp³-hybridized carbons (Fsp3) is 0.312. The van der Waals surface area contributed by atoms with E-state index in [1.165, 1.54) is 24.5 Å². The minimum atomic E-state index is -0.807. The molecule has 1 aromatic heterocycles. The van der Waals surface area contributed by atoms with Gasteiger partial charge in [0.2, 0.25) is 0 Å². The lowest BCUT2D eigenvalue weighted by molar-refractivity contribution is -0.385. The predicted octanol–water partition coefficient (Wildman–Crippen LogP) is 2.74. The second kappa shape index (κ2) is 7.06. The number of nitrogens with one attached hydrogen (secondary N) is 1. The number of hydrogen-bond acceptors (Lipinski definition) is 5. The van der Waals surface area contributed by atoms with Gasteiger partial charge in [-0.05, 0) is 38.1 Å². The summed E-state index contributed by atoms with van der Waals surface area (Å²) < 4.78 is 5.11. The van der Waals surface area contributed by atoms with Crippen LogP contribution in [0.2, 0.25) is 0 Å². The molecule has 2 atom stereocenters. The number of carbonyl (C=O) groups is 1. The number of nitro benzene ring substituents is 1. The smallest absolute Gasteiger partial charge is 0.272 e. The Bertz CT molecular complexity index is 697. The summed E-state index contributed by atoms with van der Waals surface area (Å²) in [6, 6.07) is 7.25. The van der Waals surface area contributed by atoms with Crippen LogP contribution in [0.15, 0.2) is 41.0 Å². The lowest BCUT2D eigenvalue weighted by atomic mass is 10.1. The Balaban J connectivity index is 1.98. The van der Waals surface area contributed by atoms with Crippen molar-refractivity contribution >= 4 is 11.6 Å². The van der Waals surface area contributed by atoms with Gasteiger partial charge in [0, 0.05) is 29.7 Å². The van der Waals surface area contributed by atoms with E-state index >= 15 is 0 Å². The summed E-state index contributed by atoms with van der Waals surface area (Å²) in [5.41, 5.74) is 0.737. The maximum atomic E-state index is 12.2. The van der Waals surface area contributed by atoms with Gasteiger partial charge in [0.05, 0.1) is 11.2 Å². The topological polar surface area (TPSA) is 106 Å². The highest BCUT2D eigenvalue weighted by Gasteiger charge is 2.18. The molecule has 2 unspecified atom stereocenters. The van der Waals surface area contributed by atoms with Crippen molar-refractivity contribution in [1.29, 1.82) is 0 Å². The van der Waals surface area contributed by atoms with Gasteiger partial charge in [-0.15, -0.1) is 0 Å². The van der Waals surface area contributed by atoms with Gasteiger partial charge < -0.3 is 14.8 Å². The molecule has 2 N–H and O–H groups in total. The minimum absolute atomic E-state index is 0.0251. The van der Waals surface area contributed by atoms with Crippen LogP contribution in [0.1, 0.15) is 41.1 Å². The molecule has 1 amide bonds. The highest BCUT2D eigenvalue weighted by Crippen LogP contribution is 2.20.